The topological polar surface area (TPSA) is 66.5 Å². The molecule has 2 aromatic rings. The Balaban J connectivity index is 2.07. The molecule has 0 aliphatic heterocycles. The van der Waals surface area contributed by atoms with Crippen LogP contribution < -0.4 is 5.32 Å². The van der Waals surface area contributed by atoms with Gasteiger partial charge in [-0.05, 0) is 48.0 Å². The third kappa shape index (κ3) is 5.92. The van der Waals surface area contributed by atoms with Gasteiger partial charge in [0.05, 0.1) is 4.90 Å². The van der Waals surface area contributed by atoms with E-state index in [1.54, 1.807) is 42.5 Å². The zero-order valence-corrected chi connectivity index (χ0v) is 16.8. The van der Waals surface area contributed by atoms with Crippen molar-refractivity contribution in [2.75, 3.05) is 18.4 Å². The highest BCUT2D eigenvalue weighted by Crippen LogP contribution is 2.19. The second kappa shape index (κ2) is 10.0. The van der Waals surface area contributed by atoms with E-state index in [1.807, 2.05) is 0 Å². The number of halogens is 1. The minimum atomic E-state index is -3.67. The molecule has 0 saturated carbocycles. The van der Waals surface area contributed by atoms with Crippen LogP contribution in [0, 0.1) is 0 Å². The van der Waals surface area contributed by atoms with Crippen molar-refractivity contribution < 1.29 is 13.2 Å². The molecular formula is C21H21ClN2O3S. The lowest BCUT2D eigenvalue weighted by atomic mass is 10.2. The van der Waals surface area contributed by atoms with Crippen LogP contribution in [0.5, 0.6) is 0 Å². The number of sulfonamides is 1. The second-order valence-corrected chi connectivity index (χ2v) is 8.17. The summed E-state index contributed by atoms with van der Waals surface area (Å²) in [6, 6.07) is 13.1. The third-order valence-corrected chi connectivity index (χ3v) is 5.82. The lowest BCUT2D eigenvalue weighted by Gasteiger charge is -2.19. The average molecular weight is 417 g/mol. The quantitative estimate of drug-likeness (QED) is 0.488. The molecule has 0 aliphatic rings. The van der Waals surface area contributed by atoms with Gasteiger partial charge in [-0.1, -0.05) is 35.9 Å². The highest BCUT2D eigenvalue weighted by molar-refractivity contribution is 7.89. The maximum atomic E-state index is 12.7. The van der Waals surface area contributed by atoms with Crippen LogP contribution in [-0.2, 0) is 14.8 Å². The van der Waals surface area contributed by atoms with Crippen molar-refractivity contribution in [2.24, 2.45) is 0 Å². The summed E-state index contributed by atoms with van der Waals surface area (Å²) in [5.74, 6) is -0.328. The average Bonchev–Trinajstić information content (AvgIpc) is 2.68. The lowest BCUT2D eigenvalue weighted by molar-refractivity contribution is -0.111. The van der Waals surface area contributed by atoms with Crippen molar-refractivity contribution in [2.45, 2.75) is 4.90 Å². The Labute approximate surface area is 170 Å². The number of benzene rings is 2. The minimum absolute atomic E-state index is 0.130. The molecule has 28 heavy (non-hydrogen) atoms. The molecule has 5 nitrogen and oxygen atoms in total. The molecule has 146 valence electrons. The first-order chi connectivity index (χ1) is 13.4. The highest BCUT2D eigenvalue weighted by atomic mass is 35.5. The number of carbonyl (C=O) groups is 1. The Morgan fingerprint density at radius 2 is 1.57 bits per heavy atom. The zero-order chi connectivity index (χ0) is 20.6. The number of hydrogen-bond acceptors (Lipinski definition) is 3. The first-order valence-electron chi connectivity index (χ1n) is 8.43. The summed E-state index contributed by atoms with van der Waals surface area (Å²) in [6.07, 6.45) is 6.09. The number of carbonyl (C=O) groups excluding carboxylic acids is 1. The summed E-state index contributed by atoms with van der Waals surface area (Å²) in [7, 11) is -3.67. The summed E-state index contributed by atoms with van der Waals surface area (Å²) in [5.41, 5.74) is 1.33. The van der Waals surface area contributed by atoms with Crippen molar-refractivity contribution in [3.63, 3.8) is 0 Å². The van der Waals surface area contributed by atoms with Gasteiger partial charge in [0.1, 0.15) is 0 Å². The number of anilines is 1. The van der Waals surface area contributed by atoms with Crippen molar-refractivity contribution in [1.82, 2.24) is 4.31 Å². The number of nitrogens with one attached hydrogen (secondary N) is 1. The molecule has 0 fully saturated rings. The maximum absolute atomic E-state index is 12.7. The third-order valence-electron chi connectivity index (χ3n) is 3.72. The first-order valence-corrected chi connectivity index (χ1v) is 10.3. The summed E-state index contributed by atoms with van der Waals surface area (Å²) in [5, 5.41) is 3.31. The van der Waals surface area contributed by atoms with Gasteiger partial charge in [0.15, 0.2) is 0 Å². The molecule has 0 spiro atoms. The van der Waals surface area contributed by atoms with E-state index >= 15 is 0 Å². The van der Waals surface area contributed by atoms with Crippen LogP contribution >= 0.6 is 11.6 Å². The number of amides is 1. The van der Waals surface area contributed by atoms with Crippen LogP contribution in [-0.4, -0.2) is 31.7 Å². The van der Waals surface area contributed by atoms with Crippen molar-refractivity contribution >= 4 is 39.3 Å². The van der Waals surface area contributed by atoms with E-state index in [1.165, 1.54) is 34.7 Å². The molecule has 0 aliphatic carbocycles. The van der Waals surface area contributed by atoms with Crippen LogP contribution in [0.25, 0.3) is 6.08 Å². The van der Waals surface area contributed by atoms with Crippen LogP contribution in [0.1, 0.15) is 5.56 Å². The molecule has 0 heterocycles. The number of hydrogen-bond donors (Lipinski definition) is 1. The molecule has 0 saturated heterocycles. The summed E-state index contributed by atoms with van der Waals surface area (Å²) in [4.78, 5) is 12.2. The summed E-state index contributed by atoms with van der Waals surface area (Å²) >= 11 is 5.82. The standard InChI is InChI=1S/C21H21ClN2O3S/c1-3-15-24(16-4-2)28(26,27)20-12-10-19(11-13-20)23-21(25)14-7-17-5-8-18(22)9-6-17/h3-14H,1-2,15-16H2,(H,23,25)/b14-7+. The normalized spacial score (nSPS) is 11.5. The van der Waals surface area contributed by atoms with Crippen molar-refractivity contribution in [1.29, 1.82) is 0 Å². The molecule has 2 rings (SSSR count). The van der Waals surface area contributed by atoms with Gasteiger partial charge in [-0.15, -0.1) is 13.2 Å². The largest absolute Gasteiger partial charge is 0.323 e. The van der Waals surface area contributed by atoms with E-state index in [4.69, 9.17) is 11.6 Å². The van der Waals surface area contributed by atoms with E-state index in [9.17, 15) is 13.2 Å². The van der Waals surface area contributed by atoms with Crippen LogP contribution in [0.15, 0.2) is 84.8 Å². The molecule has 7 heteroatoms. The zero-order valence-electron chi connectivity index (χ0n) is 15.2. The molecule has 0 aromatic heterocycles. The molecule has 0 unspecified atom stereocenters. The van der Waals surface area contributed by atoms with E-state index in [0.29, 0.717) is 10.7 Å². The van der Waals surface area contributed by atoms with Gasteiger partial charge in [0, 0.05) is 29.9 Å². The van der Waals surface area contributed by atoms with Crippen LogP contribution in [0.3, 0.4) is 0 Å². The lowest BCUT2D eigenvalue weighted by Crippen LogP contribution is -2.31. The Kier molecular flexibility index (Phi) is 7.75. The highest BCUT2D eigenvalue weighted by Gasteiger charge is 2.22. The first kappa shape index (κ1) is 21.6. The Morgan fingerprint density at radius 3 is 2.11 bits per heavy atom. The molecule has 0 atom stereocenters. The second-order valence-electron chi connectivity index (χ2n) is 5.80. The van der Waals surface area contributed by atoms with Gasteiger partial charge in [-0.2, -0.15) is 4.31 Å². The van der Waals surface area contributed by atoms with E-state index in [2.05, 4.69) is 18.5 Å². The summed E-state index contributed by atoms with van der Waals surface area (Å²) < 4.78 is 26.6. The van der Waals surface area contributed by atoms with Crippen molar-refractivity contribution in [3.05, 3.63) is 90.5 Å². The molecule has 0 radical (unpaired) electrons. The molecular weight excluding hydrogens is 396 g/mol. The van der Waals surface area contributed by atoms with Crippen LogP contribution in [0.2, 0.25) is 5.02 Å². The van der Waals surface area contributed by atoms with Gasteiger partial charge in [-0.3, -0.25) is 4.79 Å². The molecule has 2 aromatic carbocycles. The summed E-state index contributed by atoms with van der Waals surface area (Å²) in [6.45, 7) is 7.52. The number of nitrogens with zero attached hydrogens (tertiary/aromatic N) is 1. The fourth-order valence-electron chi connectivity index (χ4n) is 2.35. The predicted molar refractivity (Wildman–Crippen MR) is 115 cm³/mol. The fraction of sp³-hybridized carbons (Fsp3) is 0.0952. The predicted octanol–water partition coefficient (Wildman–Crippen LogP) is 4.35. The smallest absolute Gasteiger partial charge is 0.248 e. The van der Waals surface area contributed by atoms with Crippen LogP contribution in [0.4, 0.5) is 5.69 Å². The monoisotopic (exact) mass is 416 g/mol. The van der Waals surface area contributed by atoms with E-state index < -0.39 is 10.0 Å². The van der Waals surface area contributed by atoms with E-state index in [-0.39, 0.29) is 23.9 Å². The fourth-order valence-corrected chi connectivity index (χ4v) is 3.86. The van der Waals surface area contributed by atoms with Gasteiger partial charge < -0.3 is 5.32 Å². The maximum Gasteiger partial charge on any atom is 0.248 e. The van der Waals surface area contributed by atoms with Gasteiger partial charge in [0.2, 0.25) is 15.9 Å². The number of rotatable bonds is 9. The van der Waals surface area contributed by atoms with Gasteiger partial charge >= 0.3 is 0 Å². The Morgan fingerprint density at radius 1 is 1.00 bits per heavy atom. The Bertz CT molecular complexity index is 956. The molecule has 1 amide bonds. The van der Waals surface area contributed by atoms with Gasteiger partial charge in [0.25, 0.3) is 0 Å². The van der Waals surface area contributed by atoms with E-state index in [0.717, 1.165) is 5.56 Å². The Hall–Kier alpha value is -2.67. The SMILES string of the molecule is C=CCN(CC=C)S(=O)(=O)c1ccc(NC(=O)/C=C/c2ccc(Cl)cc2)cc1. The van der Waals surface area contributed by atoms with Gasteiger partial charge in [-0.25, -0.2) is 8.42 Å². The molecule has 1 N–H and O–H groups in total. The molecule has 0 bridgehead atoms. The minimum Gasteiger partial charge on any atom is -0.323 e. The van der Waals surface area contributed by atoms with Crippen molar-refractivity contribution in [3.8, 4) is 0 Å².